The van der Waals surface area contributed by atoms with Crippen molar-refractivity contribution >= 4 is 0 Å². The van der Waals surface area contributed by atoms with E-state index >= 15 is 0 Å². The Kier molecular flexibility index (Phi) is 5.75. The van der Waals surface area contributed by atoms with E-state index in [0.717, 1.165) is 19.1 Å². The van der Waals surface area contributed by atoms with E-state index in [0.29, 0.717) is 12.6 Å². The zero-order valence-corrected chi connectivity index (χ0v) is 11.0. The fourth-order valence-electron chi connectivity index (χ4n) is 3.52. The predicted molar refractivity (Wildman–Crippen MR) is 71.2 cm³/mol. The van der Waals surface area contributed by atoms with E-state index < -0.39 is 0 Å². The molecule has 0 amide bonds. The summed E-state index contributed by atoms with van der Waals surface area (Å²) < 4.78 is 0. The molecule has 1 heterocycles. The Balaban J connectivity index is 1.93. The Morgan fingerprint density at radius 1 is 0.882 bits per heavy atom. The maximum absolute atomic E-state index is 9.31. The van der Waals surface area contributed by atoms with Gasteiger partial charge in [-0.2, -0.15) is 0 Å². The van der Waals surface area contributed by atoms with Gasteiger partial charge in [0, 0.05) is 18.6 Å². The van der Waals surface area contributed by atoms with Gasteiger partial charge in [-0.1, -0.05) is 19.3 Å². The maximum atomic E-state index is 9.31. The monoisotopic (exact) mass is 240 g/mol. The van der Waals surface area contributed by atoms with Crippen LogP contribution in [0, 0.1) is 0 Å². The molecule has 3 nitrogen and oxygen atoms in total. The van der Waals surface area contributed by atoms with E-state index in [9.17, 15) is 5.11 Å². The van der Waals surface area contributed by atoms with Crippen molar-refractivity contribution in [3.63, 3.8) is 0 Å². The SMILES string of the molecule is OCCN(C1CCCCC1)C1CCCNCC1. The van der Waals surface area contributed by atoms with E-state index in [1.54, 1.807) is 0 Å². The maximum Gasteiger partial charge on any atom is 0.0558 e. The van der Waals surface area contributed by atoms with Crippen LogP contribution in [0.1, 0.15) is 51.4 Å². The summed E-state index contributed by atoms with van der Waals surface area (Å²) in [5.74, 6) is 0. The Bertz CT molecular complexity index is 196. The zero-order chi connectivity index (χ0) is 11.9. The van der Waals surface area contributed by atoms with Crippen LogP contribution in [0.3, 0.4) is 0 Å². The lowest BCUT2D eigenvalue weighted by molar-refractivity contribution is 0.0741. The molecular formula is C14H28N2O. The summed E-state index contributed by atoms with van der Waals surface area (Å²) in [6, 6.07) is 1.46. The second-order valence-corrected chi connectivity index (χ2v) is 5.59. The highest BCUT2D eigenvalue weighted by molar-refractivity contribution is 4.83. The second-order valence-electron chi connectivity index (χ2n) is 5.59. The fourth-order valence-corrected chi connectivity index (χ4v) is 3.52. The fraction of sp³-hybridized carbons (Fsp3) is 1.00. The third kappa shape index (κ3) is 3.94. The summed E-state index contributed by atoms with van der Waals surface area (Å²) in [5, 5.41) is 12.8. The van der Waals surface area contributed by atoms with Crippen LogP contribution in [0.2, 0.25) is 0 Å². The van der Waals surface area contributed by atoms with Crippen LogP contribution < -0.4 is 5.32 Å². The number of hydrogen-bond donors (Lipinski definition) is 2. The number of rotatable bonds is 4. The molecule has 1 saturated carbocycles. The molecule has 0 aromatic rings. The van der Waals surface area contributed by atoms with Crippen molar-refractivity contribution in [2.75, 3.05) is 26.2 Å². The molecular weight excluding hydrogens is 212 g/mol. The van der Waals surface area contributed by atoms with Crippen molar-refractivity contribution in [3.8, 4) is 0 Å². The highest BCUT2D eigenvalue weighted by Crippen LogP contribution is 2.26. The van der Waals surface area contributed by atoms with Gasteiger partial charge in [0.2, 0.25) is 0 Å². The van der Waals surface area contributed by atoms with Crippen molar-refractivity contribution in [1.82, 2.24) is 10.2 Å². The molecule has 1 unspecified atom stereocenters. The van der Waals surface area contributed by atoms with Gasteiger partial charge in [0.15, 0.2) is 0 Å². The average Bonchev–Trinajstić information content (AvgIpc) is 2.66. The highest BCUT2D eigenvalue weighted by atomic mass is 16.3. The quantitative estimate of drug-likeness (QED) is 0.786. The molecule has 2 rings (SSSR count). The normalized spacial score (nSPS) is 28.2. The highest BCUT2D eigenvalue weighted by Gasteiger charge is 2.27. The minimum absolute atomic E-state index is 0.320. The molecule has 2 fully saturated rings. The lowest BCUT2D eigenvalue weighted by Crippen LogP contribution is -2.46. The van der Waals surface area contributed by atoms with Crippen LogP contribution in [-0.2, 0) is 0 Å². The molecule has 0 spiro atoms. The van der Waals surface area contributed by atoms with Gasteiger partial charge in [0.25, 0.3) is 0 Å². The molecule has 1 saturated heterocycles. The first-order valence-electron chi connectivity index (χ1n) is 7.49. The molecule has 2 aliphatic rings. The van der Waals surface area contributed by atoms with E-state index in [1.165, 1.54) is 57.9 Å². The van der Waals surface area contributed by atoms with Crippen molar-refractivity contribution in [1.29, 1.82) is 0 Å². The lowest BCUT2D eigenvalue weighted by Gasteiger charge is -2.39. The minimum Gasteiger partial charge on any atom is -0.395 e. The molecule has 0 bridgehead atoms. The molecule has 1 atom stereocenters. The van der Waals surface area contributed by atoms with Gasteiger partial charge in [-0.25, -0.2) is 0 Å². The molecule has 100 valence electrons. The number of nitrogens with one attached hydrogen (secondary N) is 1. The summed E-state index contributed by atoms with van der Waals surface area (Å²) in [4.78, 5) is 2.63. The minimum atomic E-state index is 0.320. The van der Waals surface area contributed by atoms with E-state index in [4.69, 9.17) is 0 Å². The summed E-state index contributed by atoms with van der Waals surface area (Å²) in [5.41, 5.74) is 0. The number of aliphatic hydroxyl groups is 1. The van der Waals surface area contributed by atoms with Gasteiger partial charge in [0.1, 0.15) is 0 Å². The average molecular weight is 240 g/mol. The Hall–Kier alpha value is -0.120. The van der Waals surface area contributed by atoms with E-state index in [-0.39, 0.29) is 0 Å². The zero-order valence-electron chi connectivity index (χ0n) is 11.0. The molecule has 3 heteroatoms. The smallest absolute Gasteiger partial charge is 0.0558 e. The van der Waals surface area contributed by atoms with Gasteiger partial charge in [-0.15, -0.1) is 0 Å². The van der Waals surface area contributed by atoms with Crippen LogP contribution in [-0.4, -0.2) is 48.3 Å². The summed E-state index contributed by atoms with van der Waals surface area (Å²) in [6.07, 6.45) is 10.7. The van der Waals surface area contributed by atoms with E-state index in [2.05, 4.69) is 10.2 Å². The van der Waals surface area contributed by atoms with Crippen LogP contribution >= 0.6 is 0 Å². The van der Waals surface area contributed by atoms with Crippen molar-refractivity contribution in [2.45, 2.75) is 63.5 Å². The number of hydrogen-bond acceptors (Lipinski definition) is 3. The predicted octanol–water partition coefficient (Wildman–Crippen LogP) is 1.76. The third-order valence-electron chi connectivity index (χ3n) is 4.42. The first-order valence-corrected chi connectivity index (χ1v) is 7.49. The number of nitrogens with zero attached hydrogens (tertiary/aromatic N) is 1. The van der Waals surface area contributed by atoms with Gasteiger partial charge < -0.3 is 10.4 Å². The first kappa shape index (κ1) is 13.3. The second kappa shape index (κ2) is 7.34. The van der Waals surface area contributed by atoms with Gasteiger partial charge in [-0.05, 0) is 45.2 Å². The Labute approximate surface area is 106 Å². The molecule has 17 heavy (non-hydrogen) atoms. The van der Waals surface area contributed by atoms with Crippen LogP contribution in [0.5, 0.6) is 0 Å². The topological polar surface area (TPSA) is 35.5 Å². The third-order valence-corrected chi connectivity index (χ3v) is 4.42. The van der Waals surface area contributed by atoms with Crippen molar-refractivity contribution in [2.24, 2.45) is 0 Å². The van der Waals surface area contributed by atoms with Gasteiger partial charge in [-0.3, -0.25) is 4.90 Å². The largest absolute Gasteiger partial charge is 0.395 e. The van der Waals surface area contributed by atoms with Crippen molar-refractivity contribution in [3.05, 3.63) is 0 Å². The summed E-state index contributed by atoms with van der Waals surface area (Å²) in [7, 11) is 0. The van der Waals surface area contributed by atoms with Crippen molar-refractivity contribution < 1.29 is 5.11 Å². The van der Waals surface area contributed by atoms with Crippen LogP contribution in [0.4, 0.5) is 0 Å². The lowest BCUT2D eigenvalue weighted by atomic mass is 9.92. The van der Waals surface area contributed by atoms with Gasteiger partial charge in [0.05, 0.1) is 6.61 Å². The Morgan fingerprint density at radius 2 is 1.59 bits per heavy atom. The molecule has 0 aromatic heterocycles. The van der Waals surface area contributed by atoms with Crippen LogP contribution in [0.25, 0.3) is 0 Å². The first-order chi connectivity index (χ1) is 8.42. The van der Waals surface area contributed by atoms with Gasteiger partial charge >= 0.3 is 0 Å². The molecule has 0 radical (unpaired) electrons. The number of aliphatic hydroxyl groups excluding tert-OH is 1. The molecule has 1 aliphatic heterocycles. The molecule has 2 N–H and O–H groups in total. The summed E-state index contributed by atoms with van der Waals surface area (Å²) in [6.45, 7) is 3.53. The van der Waals surface area contributed by atoms with E-state index in [1.807, 2.05) is 0 Å². The standard InChI is InChI=1S/C14H28N2O/c17-12-11-16(13-5-2-1-3-6-13)14-7-4-9-15-10-8-14/h13-15,17H,1-12H2. The molecule has 1 aliphatic carbocycles. The Morgan fingerprint density at radius 3 is 2.35 bits per heavy atom. The van der Waals surface area contributed by atoms with Crippen LogP contribution in [0.15, 0.2) is 0 Å². The summed E-state index contributed by atoms with van der Waals surface area (Å²) >= 11 is 0. The molecule has 0 aromatic carbocycles.